The topological polar surface area (TPSA) is 64.1 Å². The second-order valence-corrected chi connectivity index (χ2v) is 6.51. The highest BCUT2D eigenvalue weighted by Crippen LogP contribution is 2.39. The molecule has 1 fully saturated rings. The molecule has 0 spiro atoms. The summed E-state index contributed by atoms with van der Waals surface area (Å²) in [7, 11) is 3.26. The number of carbonyl (C=O) groups is 1. The van der Waals surface area contributed by atoms with E-state index < -0.39 is 5.54 Å². The number of methoxy groups -OCH3 is 1. The lowest BCUT2D eigenvalue weighted by Gasteiger charge is -2.25. The van der Waals surface area contributed by atoms with Crippen LogP contribution < -0.4 is 5.32 Å². The molecule has 0 amide bonds. The first-order chi connectivity index (χ1) is 9.49. The Bertz CT molecular complexity index is 489. The van der Waals surface area contributed by atoms with Crippen molar-refractivity contribution in [1.82, 2.24) is 15.3 Å². The Kier molecular flexibility index (Phi) is 4.65. The van der Waals surface area contributed by atoms with E-state index in [9.17, 15) is 4.79 Å². The Morgan fingerprint density at radius 3 is 2.65 bits per heavy atom. The van der Waals surface area contributed by atoms with Crippen molar-refractivity contribution in [2.75, 3.05) is 14.2 Å². The Morgan fingerprint density at radius 1 is 1.45 bits per heavy atom. The molecule has 1 aliphatic carbocycles. The van der Waals surface area contributed by atoms with Gasteiger partial charge >= 0.3 is 5.97 Å². The minimum Gasteiger partial charge on any atom is -0.468 e. The third-order valence-corrected chi connectivity index (χ3v) is 4.89. The summed E-state index contributed by atoms with van der Waals surface area (Å²) in [5.74, 6) is -0.176. The lowest BCUT2D eigenvalue weighted by atomic mass is 9.98. The van der Waals surface area contributed by atoms with Crippen LogP contribution in [0.5, 0.6) is 0 Å². The molecule has 1 aromatic rings. The van der Waals surface area contributed by atoms with Crippen LogP contribution in [0, 0.1) is 13.8 Å². The zero-order valence-corrected chi connectivity index (χ0v) is 13.2. The second-order valence-electron chi connectivity index (χ2n) is 5.24. The summed E-state index contributed by atoms with van der Waals surface area (Å²) in [6.45, 7) is 3.94. The van der Waals surface area contributed by atoms with Crippen LogP contribution in [0.15, 0.2) is 11.2 Å². The fourth-order valence-corrected chi connectivity index (χ4v) is 4.00. The standard InChI is InChI=1S/C14H21N3O2S/c1-9-7-10(2)17-13(16-9)20-11-5-6-14(8-11,15-3)12(18)19-4/h7,11,15H,5-6,8H2,1-4H3. The van der Waals surface area contributed by atoms with Gasteiger partial charge in [-0.05, 0) is 46.2 Å². The summed E-state index contributed by atoms with van der Waals surface area (Å²) in [6.07, 6.45) is 2.49. The molecule has 1 aromatic heterocycles. The lowest BCUT2D eigenvalue weighted by Crippen LogP contribution is -2.49. The maximum atomic E-state index is 11.9. The molecule has 5 nitrogen and oxygen atoms in total. The summed E-state index contributed by atoms with van der Waals surface area (Å²) >= 11 is 1.66. The number of rotatable bonds is 4. The van der Waals surface area contributed by atoms with Crippen molar-refractivity contribution in [3.8, 4) is 0 Å². The Hall–Kier alpha value is -1.14. The molecule has 2 rings (SSSR count). The Balaban J connectivity index is 2.07. The lowest BCUT2D eigenvalue weighted by molar-refractivity contribution is -0.148. The number of hydrogen-bond acceptors (Lipinski definition) is 6. The molecule has 1 aliphatic rings. The van der Waals surface area contributed by atoms with Crippen LogP contribution in [0.2, 0.25) is 0 Å². The van der Waals surface area contributed by atoms with Crippen molar-refractivity contribution in [3.05, 3.63) is 17.5 Å². The quantitative estimate of drug-likeness (QED) is 0.676. The maximum absolute atomic E-state index is 11.9. The van der Waals surface area contributed by atoms with Gasteiger partial charge in [-0.3, -0.25) is 4.79 Å². The molecule has 0 radical (unpaired) electrons. The van der Waals surface area contributed by atoms with E-state index in [0.717, 1.165) is 35.8 Å². The van der Waals surface area contributed by atoms with E-state index in [1.807, 2.05) is 27.0 Å². The molecule has 6 heteroatoms. The van der Waals surface area contributed by atoms with Crippen LogP contribution in [-0.4, -0.2) is 40.9 Å². The van der Waals surface area contributed by atoms with Crippen LogP contribution in [0.3, 0.4) is 0 Å². The molecular formula is C14H21N3O2S. The van der Waals surface area contributed by atoms with Gasteiger partial charge in [0.05, 0.1) is 7.11 Å². The normalized spacial score (nSPS) is 25.7. The van der Waals surface area contributed by atoms with Gasteiger partial charge in [-0.25, -0.2) is 9.97 Å². The largest absolute Gasteiger partial charge is 0.468 e. The van der Waals surface area contributed by atoms with Gasteiger partial charge in [0.2, 0.25) is 0 Å². The van der Waals surface area contributed by atoms with Crippen LogP contribution >= 0.6 is 11.8 Å². The van der Waals surface area contributed by atoms with Crippen molar-refractivity contribution in [1.29, 1.82) is 0 Å². The van der Waals surface area contributed by atoms with E-state index in [4.69, 9.17) is 4.74 Å². The van der Waals surface area contributed by atoms with Gasteiger partial charge in [0, 0.05) is 16.6 Å². The molecule has 0 bridgehead atoms. The summed E-state index contributed by atoms with van der Waals surface area (Å²) < 4.78 is 4.92. The van der Waals surface area contributed by atoms with Gasteiger partial charge in [-0.2, -0.15) is 0 Å². The number of esters is 1. The van der Waals surface area contributed by atoms with Crippen molar-refractivity contribution >= 4 is 17.7 Å². The number of aromatic nitrogens is 2. The Labute approximate surface area is 123 Å². The van der Waals surface area contributed by atoms with Crippen molar-refractivity contribution in [2.45, 2.75) is 49.1 Å². The fraction of sp³-hybridized carbons (Fsp3) is 0.643. The van der Waals surface area contributed by atoms with Gasteiger partial charge in [0.25, 0.3) is 0 Å². The van der Waals surface area contributed by atoms with Gasteiger partial charge in [0.1, 0.15) is 5.54 Å². The van der Waals surface area contributed by atoms with Crippen molar-refractivity contribution in [2.24, 2.45) is 0 Å². The predicted molar refractivity (Wildman–Crippen MR) is 78.8 cm³/mol. The molecule has 1 saturated carbocycles. The van der Waals surface area contributed by atoms with E-state index in [2.05, 4.69) is 15.3 Å². The highest BCUT2D eigenvalue weighted by molar-refractivity contribution is 7.99. The highest BCUT2D eigenvalue weighted by Gasteiger charge is 2.45. The van der Waals surface area contributed by atoms with E-state index in [0.29, 0.717) is 5.25 Å². The van der Waals surface area contributed by atoms with Crippen molar-refractivity contribution < 1.29 is 9.53 Å². The summed E-state index contributed by atoms with van der Waals surface area (Å²) in [6, 6.07) is 1.96. The van der Waals surface area contributed by atoms with Gasteiger partial charge in [-0.1, -0.05) is 11.8 Å². The molecule has 0 saturated heterocycles. The molecule has 2 atom stereocenters. The number of nitrogens with zero attached hydrogens (tertiary/aromatic N) is 2. The molecule has 2 unspecified atom stereocenters. The first-order valence-electron chi connectivity index (χ1n) is 6.75. The van der Waals surface area contributed by atoms with Crippen molar-refractivity contribution in [3.63, 3.8) is 0 Å². The van der Waals surface area contributed by atoms with Gasteiger partial charge < -0.3 is 10.1 Å². The molecular weight excluding hydrogens is 274 g/mol. The fourth-order valence-electron chi connectivity index (χ4n) is 2.71. The van der Waals surface area contributed by atoms with Crippen LogP contribution in [0.4, 0.5) is 0 Å². The second kappa shape index (κ2) is 6.10. The summed E-state index contributed by atoms with van der Waals surface area (Å²) in [4.78, 5) is 20.9. The number of nitrogens with one attached hydrogen (secondary N) is 1. The third-order valence-electron chi connectivity index (χ3n) is 3.76. The molecule has 1 heterocycles. The smallest absolute Gasteiger partial charge is 0.326 e. The molecule has 110 valence electrons. The van der Waals surface area contributed by atoms with E-state index in [-0.39, 0.29) is 5.97 Å². The molecule has 0 aliphatic heterocycles. The zero-order valence-electron chi connectivity index (χ0n) is 12.4. The maximum Gasteiger partial charge on any atom is 0.326 e. The SMILES string of the molecule is CNC1(C(=O)OC)CCC(Sc2nc(C)cc(C)n2)C1. The molecule has 0 aromatic carbocycles. The van der Waals surface area contributed by atoms with Gasteiger partial charge in [0.15, 0.2) is 5.16 Å². The minimum absolute atomic E-state index is 0.176. The average Bonchev–Trinajstić information content (AvgIpc) is 2.81. The number of carbonyl (C=O) groups excluding carboxylic acids is 1. The minimum atomic E-state index is -0.550. The van der Waals surface area contributed by atoms with Crippen LogP contribution in [0.1, 0.15) is 30.7 Å². The first kappa shape index (κ1) is 15.3. The number of likely N-dealkylation sites (N-methyl/N-ethyl adjacent to an activating group) is 1. The predicted octanol–water partition coefficient (Wildman–Crippen LogP) is 1.87. The summed E-state index contributed by atoms with van der Waals surface area (Å²) in [5, 5.41) is 4.27. The number of ether oxygens (including phenoxy) is 1. The van der Waals surface area contributed by atoms with E-state index in [1.54, 1.807) is 11.8 Å². The molecule has 20 heavy (non-hydrogen) atoms. The van der Waals surface area contributed by atoms with E-state index >= 15 is 0 Å². The number of hydrogen-bond donors (Lipinski definition) is 1. The average molecular weight is 295 g/mol. The first-order valence-corrected chi connectivity index (χ1v) is 7.63. The van der Waals surface area contributed by atoms with Crippen LogP contribution in [0.25, 0.3) is 0 Å². The van der Waals surface area contributed by atoms with E-state index in [1.165, 1.54) is 7.11 Å². The monoisotopic (exact) mass is 295 g/mol. The number of thioether (sulfide) groups is 1. The summed E-state index contributed by atoms with van der Waals surface area (Å²) in [5.41, 5.74) is 1.40. The zero-order chi connectivity index (χ0) is 14.8. The third kappa shape index (κ3) is 3.12. The Morgan fingerprint density at radius 2 is 2.10 bits per heavy atom. The number of aryl methyl sites for hydroxylation is 2. The molecule has 1 N–H and O–H groups in total. The highest BCUT2D eigenvalue weighted by atomic mass is 32.2. The van der Waals surface area contributed by atoms with Crippen LogP contribution in [-0.2, 0) is 9.53 Å². The van der Waals surface area contributed by atoms with Gasteiger partial charge in [-0.15, -0.1) is 0 Å².